The summed E-state index contributed by atoms with van der Waals surface area (Å²) in [5.74, 6) is 1.69. The zero-order chi connectivity index (χ0) is 13.8. The van der Waals surface area contributed by atoms with E-state index in [1.807, 2.05) is 20.0 Å². The van der Waals surface area contributed by atoms with Crippen LogP contribution in [0, 0.1) is 13.8 Å². The highest BCUT2D eigenvalue weighted by Gasteiger charge is 2.11. The molecule has 0 fully saturated rings. The van der Waals surface area contributed by atoms with E-state index in [2.05, 4.69) is 42.5 Å². The van der Waals surface area contributed by atoms with Gasteiger partial charge in [-0.2, -0.15) is 0 Å². The van der Waals surface area contributed by atoms with Crippen LogP contribution in [0.1, 0.15) is 35.5 Å². The summed E-state index contributed by atoms with van der Waals surface area (Å²) < 4.78 is 10.9. The first-order chi connectivity index (χ1) is 9.10. The molecular formula is C15H20N2O2. The van der Waals surface area contributed by atoms with Crippen molar-refractivity contribution in [2.75, 3.05) is 7.05 Å². The maximum Gasteiger partial charge on any atom is 0.134 e. The molecule has 0 bridgehead atoms. The number of hydrogen-bond donors (Lipinski definition) is 1. The van der Waals surface area contributed by atoms with Crippen LogP contribution in [0.4, 0.5) is 0 Å². The Morgan fingerprint density at radius 2 is 2.11 bits per heavy atom. The molecule has 0 radical (unpaired) electrons. The fourth-order valence-corrected chi connectivity index (χ4v) is 1.92. The molecule has 4 heteroatoms. The van der Waals surface area contributed by atoms with Gasteiger partial charge in [0, 0.05) is 17.7 Å². The molecule has 0 saturated heterocycles. The highest BCUT2D eigenvalue weighted by Crippen LogP contribution is 2.27. The lowest BCUT2D eigenvalue weighted by atomic mass is 10.1. The van der Waals surface area contributed by atoms with Crippen molar-refractivity contribution in [3.05, 3.63) is 46.8 Å². The first-order valence-corrected chi connectivity index (χ1v) is 6.43. The molecule has 1 heterocycles. The molecule has 0 aliphatic heterocycles. The molecule has 102 valence electrons. The number of benzene rings is 1. The van der Waals surface area contributed by atoms with Crippen molar-refractivity contribution in [1.29, 1.82) is 0 Å². The maximum atomic E-state index is 5.88. The van der Waals surface area contributed by atoms with Gasteiger partial charge in [0.2, 0.25) is 0 Å². The lowest BCUT2D eigenvalue weighted by Crippen LogP contribution is -2.14. The molecule has 1 N–H and O–H groups in total. The second-order valence-electron chi connectivity index (χ2n) is 4.77. The summed E-state index contributed by atoms with van der Waals surface area (Å²) in [5.41, 5.74) is 3.13. The highest BCUT2D eigenvalue weighted by atomic mass is 16.5. The molecule has 1 aromatic heterocycles. The van der Waals surface area contributed by atoms with Gasteiger partial charge in [-0.3, -0.25) is 0 Å². The fourth-order valence-electron chi connectivity index (χ4n) is 1.92. The van der Waals surface area contributed by atoms with Crippen LogP contribution < -0.4 is 10.1 Å². The monoisotopic (exact) mass is 260 g/mol. The highest BCUT2D eigenvalue weighted by molar-refractivity contribution is 5.39. The molecule has 2 rings (SSSR count). The number of hydrogen-bond acceptors (Lipinski definition) is 4. The van der Waals surface area contributed by atoms with Gasteiger partial charge in [0.05, 0.1) is 0 Å². The summed E-state index contributed by atoms with van der Waals surface area (Å²) in [6, 6.07) is 8.37. The van der Waals surface area contributed by atoms with Gasteiger partial charge in [-0.15, -0.1) is 0 Å². The van der Waals surface area contributed by atoms with E-state index < -0.39 is 0 Å². The molecule has 0 spiro atoms. The van der Waals surface area contributed by atoms with Crippen molar-refractivity contribution in [2.45, 2.75) is 33.4 Å². The zero-order valence-corrected chi connectivity index (χ0v) is 11.9. The van der Waals surface area contributed by atoms with Crippen LogP contribution in [0.5, 0.6) is 5.75 Å². The third kappa shape index (κ3) is 3.35. The lowest BCUT2D eigenvalue weighted by Gasteiger charge is -2.16. The van der Waals surface area contributed by atoms with Crippen LogP contribution in [0.25, 0.3) is 0 Å². The summed E-state index contributed by atoms with van der Waals surface area (Å²) >= 11 is 0. The first kappa shape index (κ1) is 13.6. The Bertz CT molecular complexity index is 549. The largest absolute Gasteiger partial charge is 0.487 e. The van der Waals surface area contributed by atoms with Crippen LogP contribution in [0.2, 0.25) is 0 Å². The van der Waals surface area contributed by atoms with Crippen molar-refractivity contribution < 1.29 is 9.26 Å². The van der Waals surface area contributed by atoms with Gasteiger partial charge in [0.1, 0.15) is 23.8 Å². The molecule has 2 aromatic rings. The Morgan fingerprint density at radius 1 is 1.32 bits per heavy atom. The van der Waals surface area contributed by atoms with Crippen molar-refractivity contribution in [2.24, 2.45) is 0 Å². The van der Waals surface area contributed by atoms with Gasteiger partial charge in [-0.25, -0.2) is 0 Å². The number of ether oxygens (including phenoxy) is 1. The van der Waals surface area contributed by atoms with Gasteiger partial charge in [-0.1, -0.05) is 17.3 Å². The van der Waals surface area contributed by atoms with Crippen LogP contribution >= 0.6 is 0 Å². The SMILES string of the molecule is CNC(C)c1ccc(C)cc1OCc1cc(C)on1. The van der Waals surface area contributed by atoms with Gasteiger partial charge < -0.3 is 14.6 Å². The van der Waals surface area contributed by atoms with E-state index in [1.165, 1.54) is 5.56 Å². The molecule has 4 nitrogen and oxygen atoms in total. The number of rotatable bonds is 5. The minimum atomic E-state index is 0.245. The van der Waals surface area contributed by atoms with Crippen LogP contribution in [-0.4, -0.2) is 12.2 Å². The molecule has 1 unspecified atom stereocenters. The second kappa shape index (κ2) is 5.89. The van der Waals surface area contributed by atoms with E-state index in [0.717, 1.165) is 22.8 Å². The molecular weight excluding hydrogens is 240 g/mol. The number of aryl methyl sites for hydroxylation is 2. The molecule has 19 heavy (non-hydrogen) atoms. The third-order valence-corrected chi connectivity index (χ3v) is 3.12. The summed E-state index contributed by atoms with van der Waals surface area (Å²) in [6.45, 7) is 6.46. The van der Waals surface area contributed by atoms with Gasteiger partial charge >= 0.3 is 0 Å². The van der Waals surface area contributed by atoms with Gasteiger partial charge in [0.25, 0.3) is 0 Å². The second-order valence-corrected chi connectivity index (χ2v) is 4.77. The fraction of sp³-hybridized carbons (Fsp3) is 0.400. The molecule has 1 atom stereocenters. The van der Waals surface area contributed by atoms with Crippen molar-refractivity contribution >= 4 is 0 Å². The van der Waals surface area contributed by atoms with Gasteiger partial charge in [0.15, 0.2) is 0 Å². The third-order valence-electron chi connectivity index (χ3n) is 3.12. The predicted octanol–water partition coefficient (Wildman–Crippen LogP) is 3.15. The summed E-state index contributed by atoms with van der Waals surface area (Å²) in [5, 5.41) is 7.16. The van der Waals surface area contributed by atoms with E-state index in [0.29, 0.717) is 6.61 Å². The van der Waals surface area contributed by atoms with Crippen molar-refractivity contribution in [1.82, 2.24) is 10.5 Å². The predicted molar refractivity (Wildman–Crippen MR) is 74.2 cm³/mol. The minimum absolute atomic E-state index is 0.245. The quantitative estimate of drug-likeness (QED) is 0.897. The Balaban J connectivity index is 2.16. The summed E-state index contributed by atoms with van der Waals surface area (Å²) in [4.78, 5) is 0. The zero-order valence-electron chi connectivity index (χ0n) is 11.9. The molecule has 0 amide bonds. The minimum Gasteiger partial charge on any atom is -0.487 e. The average molecular weight is 260 g/mol. The molecule has 1 aromatic carbocycles. The summed E-state index contributed by atoms with van der Waals surface area (Å²) in [6.07, 6.45) is 0. The maximum absolute atomic E-state index is 5.88. The van der Waals surface area contributed by atoms with E-state index in [4.69, 9.17) is 9.26 Å². The van der Waals surface area contributed by atoms with Crippen LogP contribution in [-0.2, 0) is 6.61 Å². The number of aromatic nitrogens is 1. The lowest BCUT2D eigenvalue weighted by molar-refractivity contribution is 0.283. The van der Waals surface area contributed by atoms with E-state index in [-0.39, 0.29) is 6.04 Å². The van der Waals surface area contributed by atoms with Crippen LogP contribution in [0.15, 0.2) is 28.8 Å². The number of nitrogens with one attached hydrogen (secondary N) is 1. The van der Waals surface area contributed by atoms with Crippen molar-refractivity contribution in [3.8, 4) is 5.75 Å². The Morgan fingerprint density at radius 3 is 2.74 bits per heavy atom. The topological polar surface area (TPSA) is 47.3 Å². The standard InChI is InChI=1S/C15H20N2O2/c1-10-5-6-14(12(3)16-4)15(7-10)18-9-13-8-11(2)19-17-13/h5-8,12,16H,9H2,1-4H3. The van der Waals surface area contributed by atoms with Crippen molar-refractivity contribution in [3.63, 3.8) is 0 Å². The Labute approximate surface area is 113 Å². The molecule has 0 aliphatic rings. The Hall–Kier alpha value is -1.81. The molecule has 0 aliphatic carbocycles. The first-order valence-electron chi connectivity index (χ1n) is 6.43. The normalized spacial score (nSPS) is 12.4. The smallest absolute Gasteiger partial charge is 0.134 e. The van der Waals surface area contributed by atoms with Crippen LogP contribution in [0.3, 0.4) is 0 Å². The average Bonchev–Trinajstić information content (AvgIpc) is 2.81. The molecule has 0 saturated carbocycles. The van der Waals surface area contributed by atoms with E-state index >= 15 is 0 Å². The summed E-state index contributed by atoms with van der Waals surface area (Å²) in [7, 11) is 1.94. The Kier molecular flexibility index (Phi) is 4.22. The van der Waals surface area contributed by atoms with E-state index in [9.17, 15) is 0 Å². The van der Waals surface area contributed by atoms with Gasteiger partial charge in [-0.05, 0) is 39.4 Å². The van der Waals surface area contributed by atoms with E-state index in [1.54, 1.807) is 0 Å². The number of nitrogens with zero attached hydrogens (tertiary/aromatic N) is 1.